The fraction of sp³-hybridized carbons (Fsp3) is 0.480. The summed E-state index contributed by atoms with van der Waals surface area (Å²) < 4.78 is 11.2. The van der Waals surface area contributed by atoms with Crippen molar-refractivity contribution in [1.82, 2.24) is 0 Å². The minimum Gasteiger partial charge on any atom is -0.494 e. The number of carboxylic acid groups (broad SMARTS) is 1. The lowest BCUT2D eigenvalue weighted by Gasteiger charge is -2.08. The van der Waals surface area contributed by atoms with Crippen molar-refractivity contribution in [2.75, 3.05) is 19.8 Å². The van der Waals surface area contributed by atoms with Crippen molar-refractivity contribution in [3.63, 3.8) is 0 Å². The lowest BCUT2D eigenvalue weighted by molar-refractivity contribution is 0.0697. The Bertz CT molecular complexity index is 692. The molecule has 4 heteroatoms. The van der Waals surface area contributed by atoms with Crippen molar-refractivity contribution in [1.29, 1.82) is 0 Å². The Morgan fingerprint density at radius 3 is 1.72 bits per heavy atom. The average molecular weight is 399 g/mol. The highest BCUT2D eigenvalue weighted by Crippen LogP contribution is 2.23. The van der Waals surface area contributed by atoms with E-state index in [0.717, 1.165) is 43.1 Å². The molecular formula is C25H34O4. The van der Waals surface area contributed by atoms with Crippen LogP contribution in [0.5, 0.6) is 5.75 Å². The van der Waals surface area contributed by atoms with Crippen molar-refractivity contribution in [3.8, 4) is 16.9 Å². The van der Waals surface area contributed by atoms with Gasteiger partial charge in [-0.1, -0.05) is 62.8 Å². The first-order valence-electron chi connectivity index (χ1n) is 10.8. The number of hydrogen-bond donors (Lipinski definition) is 1. The fourth-order valence-corrected chi connectivity index (χ4v) is 3.25. The molecular weight excluding hydrogens is 364 g/mol. The summed E-state index contributed by atoms with van der Waals surface area (Å²) in [6.07, 6.45) is 9.99. The van der Waals surface area contributed by atoms with E-state index in [1.165, 1.54) is 44.9 Å². The Labute approximate surface area is 174 Å². The van der Waals surface area contributed by atoms with Crippen molar-refractivity contribution in [2.24, 2.45) is 0 Å². The first-order valence-corrected chi connectivity index (χ1v) is 10.8. The molecule has 29 heavy (non-hydrogen) atoms. The molecule has 2 aromatic rings. The molecule has 0 saturated heterocycles. The van der Waals surface area contributed by atoms with Crippen LogP contribution in [0, 0.1) is 0 Å². The predicted molar refractivity (Wildman–Crippen MR) is 118 cm³/mol. The zero-order valence-electron chi connectivity index (χ0n) is 17.6. The molecule has 0 unspecified atom stereocenters. The first-order chi connectivity index (χ1) is 14.2. The normalized spacial score (nSPS) is 10.8. The Morgan fingerprint density at radius 2 is 1.21 bits per heavy atom. The van der Waals surface area contributed by atoms with Crippen molar-refractivity contribution >= 4 is 5.97 Å². The zero-order chi connectivity index (χ0) is 20.7. The second-order valence-electron chi connectivity index (χ2n) is 7.28. The zero-order valence-corrected chi connectivity index (χ0v) is 17.6. The van der Waals surface area contributed by atoms with Gasteiger partial charge >= 0.3 is 5.97 Å². The highest BCUT2D eigenvalue weighted by atomic mass is 16.5. The van der Waals surface area contributed by atoms with E-state index in [2.05, 4.69) is 0 Å². The van der Waals surface area contributed by atoms with Crippen LogP contribution in [0.2, 0.25) is 0 Å². The maximum atomic E-state index is 10.9. The third-order valence-electron chi connectivity index (χ3n) is 4.98. The van der Waals surface area contributed by atoms with Gasteiger partial charge in [-0.05, 0) is 55.2 Å². The summed E-state index contributed by atoms with van der Waals surface area (Å²) in [7, 11) is 0. The molecule has 0 heterocycles. The molecule has 0 atom stereocenters. The Morgan fingerprint density at radius 1 is 0.724 bits per heavy atom. The molecule has 0 fully saturated rings. The van der Waals surface area contributed by atoms with Gasteiger partial charge in [0.1, 0.15) is 5.75 Å². The van der Waals surface area contributed by atoms with Crippen LogP contribution in [0.1, 0.15) is 68.6 Å². The summed E-state index contributed by atoms with van der Waals surface area (Å²) >= 11 is 0. The standard InChI is InChI=1S/C25H34O4/c1-2-28-19-9-7-5-3-4-6-8-10-20-29-24-17-15-22(16-18-24)21-11-13-23(14-12-21)25(26)27/h11-18H,2-10,19-20H2,1H3,(H,26,27). The van der Waals surface area contributed by atoms with Crippen LogP contribution >= 0.6 is 0 Å². The van der Waals surface area contributed by atoms with Gasteiger partial charge < -0.3 is 14.6 Å². The lowest BCUT2D eigenvalue weighted by Crippen LogP contribution is -1.97. The average Bonchev–Trinajstić information content (AvgIpc) is 2.75. The molecule has 0 aliphatic rings. The number of aromatic carboxylic acids is 1. The van der Waals surface area contributed by atoms with E-state index < -0.39 is 5.97 Å². The van der Waals surface area contributed by atoms with E-state index in [1.807, 2.05) is 43.3 Å². The number of ether oxygens (including phenoxy) is 2. The van der Waals surface area contributed by atoms with Gasteiger partial charge in [0.25, 0.3) is 0 Å². The summed E-state index contributed by atoms with van der Waals surface area (Å²) in [6, 6.07) is 14.9. The molecule has 0 spiro atoms. The van der Waals surface area contributed by atoms with Crippen LogP contribution in [0.25, 0.3) is 11.1 Å². The summed E-state index contributed by atoms with van der Waals surface area (Å²) in [6.45, 7) is 4.53. The molecule has 0 bridgehead atoms. The summed E-state index contributed by atoms with van der Waals surface area (Å²) in [5.41, 5.74) is 2.35. The lowest BCUT2D eigenvalue weighted by atomic mass is 10.0. The Kier molecular flexibility index (Phi) is 10.9. The topological polar surface area (TPSA) is 55.8 Å². The summed E-state index contributed by atoms with van der Waals surface area (Å²) in [5, 5.41) is 8.97. The quantitative estimate of drug-likeness (QED) is 0.344. The SMILES string of the molecule is CCOCCCCCCCCCCOc1ccc(-c2ccc(C(=O)O)cc2)cc1. The van der Waals surface area contributed by atoms with Crippen LogP contribution in [0.4, 0.5) is 0 Å². The molecule has 0 aromatic heterocycles. The van der Waals surface area contributed by atoms with E-state index in [9.17, 15) is 4.79 Å². The van der Waals surface area contributed by atoms with E-state index >= 15 is 0 Å². The highest BCUT2D eigenvalue weighted by molar-refractivity contribution is 5.88. The van der Waals surface area contributed by atoms with Crippen LogP contribution < -0.4 is 4.74 Å². The molecule has 158 valence electrons. The van der Waals surface area contributed by atoms with Crippen LogP contribution in [0.15, 0.2) is 48.5 Å². The molecule has 0 radical (unpaired) electrons. The van der Waals surface area contributed by atoms with Crippen molar-refractivity contribution in [3.05, 3.63) is 54.1 Å². The Hall–Kier alpha value is -2.33. The predicted octanol–water partition coefficient (Wildman–Crippen LogP) is 6.59. The molecule has 4 nitrogen and oxygen atoms in total. The maximum Gasteiger partial charge on any atom is 0.335 e. The molecule has 0 aliphatic heterocycles. The number of carbonyl (C=O) groups is 1. The molecule has 1 N–H and O–H groups in total. The van der Waals surface area contributed by atoms with Gasteiger partial charge in [-0.2, -0.15) is 0 Å². The van der Waals surface area contributed by atoms with Crippen LogP contribution in [-0.2, 0) is 4.74 Å². The van der Waals surface area contributed by atoms with Gasteiger partial charge in [0, 0.05) is 13.2 Å². The van der Waals surface area contributed by atoms with Crippen LogP contribution in [-0.4, -0.2) is 30.9 Å². The summed E-state index contributed by atoms with van der Waals surface area (Å²) in [4.78, 5) is 10.9. The van der Waals surface area contributed by atoms with Gasteiger partial charge in [0.15, 0.2) is 0 Å². The minimum absolute atomic E-state index is 0.301. The fourth-order valence-electron chi connectivity index (χ4n) is 3.25. The van der Waals surface area contributed by atoms with Crippen molar-refractivity contribution in [2.45, 2.75) is 58.3 Å². The molecule has 0 aliphatic carbocycles. The number of hydrogen-bond acceptors (Lipinski definition) is 3. The largest absolute Gasteiger partial charge is 0.494 e. The third kappa shape index (κ3) is 9.14. The van der Waals surface area contributed by atoms with Gasteiger partial charge in [-0.3, -0.25) is 0 Å². The molecule has 2 rings (SSSR count). The van der Waals surface area contributed by atoms with E-state index in [4.69, 9.17) is 14.6 Å². The van der Waals surface area contributed by atoms with E-state index in [1.54, 1.807) is 12.1 Å². The minimum atomic E-state index is -0.905. The maximum absolute atomic E-state index is 10.9. The van der Waals surface area contributed by atoms with E-state index in [-0.39, 0.29) is 0 Å². The van der Waals surface area contributed by atoms with Gasteiger partial charge in [-0.25, -0.2) is 4.79 Å². The number of unbranched alkanes of at least 4 members (excludes halogenated alkanes) is 7. The first kappa shape index (κ1) is 23.0. The van der Waals surface area contributed by atoms with Crippen LogP contribution in [0.3, 0.4) is 0 Å². The molecule has 0 amide bonds. The second kappa shape index (κ2) is 13.8. The number of benzene rings is 2. The van der Waals surface area contributed by atoms with Gasteiger partial charge in [0.2, 0.25) is 0 Å². The smallest absolute Gasteiger partial charge is 0.335 e. The third-order valence-corrected chi connectivity index (χ3v) is 4.98. The van der Waals surface area contributed by atoms with Gasteiger partial charge in [0.05, 0.1) is 12.2 Å². The monoisotopic (exact) mass is 398 g/mol. The van der Waals surface area contributed by atoms with Crippen molar-refractivity contribution < 1.29 is 19.4 Å². The molecule has 2 aromatic carbocycles. The molecule has 0 saturated carbocycles. The second-order valence-corrected chi connectivity index (χ2v) is 7.28. The number of rotatable bonds is 15. The van der Waals surface area contributed by atoms with Gasteiger partial charge in [-0.15, -0.1) is 0 Å². The number of carboxylic acids is 1. The van der Waals surface area contributed by atoms with E-state index in [0.29, 0.717) is 5.56 Å². The highest BCUT2D eigenvalue weighted by Gasteiger charge is 2.03. The summed E-state index contributed by atoms with van der Waals surface area (Å²) in [5.74, 6) is -0.0250. The Balaban J connectivity index is 1.55.